The van der Waals surface area contributed by atoms with E-state index < -0.39 is 12.0 Å². The number of unbranched alkanes of at least 4 members (excludes halogenated alkanes) is 20. The number of carbonyl (C=O) groups is 3. The fourth-order valence-corrected chi connectivity index (χ4v) is 6.16. The summed E-state index contributed by atoms with van der Waals surface area (Å²) in [5.41, 5.74) is 5.47. The molecule has 0 aliphatic rings. The van der Waals surface area contributed by atoms with Gasteiger partial charge >= 0.3 is 11.9 Å². The van der Waals surface area contributed by atoms with Crippen molar-refractivity contribution in [2.75, 3.05) is 6.54 Å². The van der Waals surface area contributed by atoms with E-state index in [0.717, 1.165) is 70.6 Å². The minimum atomic E-state index is -1.01. The molecule has 0 bridgehead atoms. The maximum Gasteiger partial charge on any atom is 0.326 e. The molecule has 7 nitrogen and oxygen atoms in total. The van der Waals surface area contributed by atoms with Gasteiger partial charge < -0.3 is 20.9 Å². The number of aliphatic carboxylic acids is 1. The van der Waals surface area contributed by atoms with Crippen molar-refractivity contribution in [3.63, 3.8) is 0 Å². The van der Waals surface area contributed by atoms with E-state index in [-0.39, 0.29) is 18.0 Å². The normalized spacial score (nSPS) is 13.0. The van der Waals surface area contributed by atoms with Crippen LogP contribution < -0.4 is 11.1 Å². The van der Waals surface area contributed by atoms with Crippen LogP contribution in [0.4, 0.5) is 0 Å². The van der Waals surface area contributed by atoms with Crippen LogP contribution in [0.3, 0.4) is 0 Å². The van der Waals surface area contributed by atoms with Crippen LogP contribution in [0.25, 0.3) is 0 Å². The summed E-state index contributed by atoms with van der Waals surface area (Å²) in [6.45, 7) is 4.91. The summed E-state index contributed by atoms with van der Waals surface area (Å²) in [6.07, 6.45) is 44.9. The number of carbonyl (C=O) groups excluding carboxylic acids is 2. The number of carboxylic acid groups (broad SMARTS) is 1. The lowest BCUT2D eigenvalue weighted by atomic mass is 10.0. The van der Waals surface area contributed by atoms with Gasteiger partial charge in [-0.15, -0.1) is 0 Å². The van der Waals surface area contributed by atoms with E-state index in [1.54, 1.807) is 0 Å². The Morgan fingerprint density at radius 3 is 1.65 bits per heavy atom. The molecule has 0 heterocycles. The van der Waals surface area contributed by atoms with Gasteiger partial charge in [-0.05, 0) is 96.1 Å². The van der Waals surface area contributed by atoms with Crippen LogP contribution >= 0.6 is 0 Å². The predicted molar refractivity (Wildman–Crippen MR) is 216 cm³/mol. The number of allylic oxidation sites excluding steroid dienone is 5. The molecule has 0 rings (SSSR count). The summed E-state index contributed by atoms with van der Waals surface area (Å²) >= 11 is 0. The highest BCUT2D eigenvalue weighted by Gasteiger charge is 2.18. The van der Waals surface area contributed by atoms with Crippen molar-refractivity contribution >= 4 is 17.8 Å². The van der Waals surface area contributed by atoms with Gasteiger partial charge in [0.2, 0.25) is 5.91 Å². The predicted octanol–water partition coefficient (Wildman–Crippen LogP) is 11.8. The van der Waals surface area contributed by atoms with E-state index in [1.807, 2.05) is 0 Å². The second-order valence-corrected chi connectivity index (χ2v) is 14.4. The van der Waals surface area contributed by atoms with E-state index >= 15 is 0 Å². The summed E-state index contributed by atoms with van der Waals surface area (Å²) in [7, 11) is 0. The Hall–Kier alpha value is -2.41. The molecule has 0 fully saturated rings. The van der Waals surface area contributed by atoms with Crippen molar-refractivity contribution in [2.45, 2.75) is 219 Å². The van der Waals surface area contributed by atoms with Gasteiger partial charge in [0.05, 0.1) is 0 Å². The van der Waals surface area contributed by atoms with Gasteiger partial charge in [0.25, 0.3) is 0 Å². The van der Waals surface area contributed by atoms with Crippen molar-refractivity contribution in [1.82, 2.24) is 5.32 Å². The molecule has 296 valence electrons. The van der Waals surface area contributed by atoms with Gasteiger partial charge in [-0.25, -0.2) is 4.79 Å². The van der Waals surface area contributed by atoms with Crippen molar-refractivity contribution in [3.05, 3.63) is 36.5 Å². The van der Waals surface area contributed by atoms with Crippen LogP contribution in [0.15, 0.2) is 36.5 Å². The molecular formula is C44H80N2O5. The molecule has 51 heavy (non-hydrogen) atoms. The number of hydrogen-bond donors (Lipinski definition) is 3. The number of esters is 1. The second kappa shape index (κ2) is 38.8. The fraction of sp³-hybridized carbons (Fsp3) is 0.795. The summed E-state index contributed by atoms with van der Waals surface area (Å²) in [4.78, 5) is 36.2. The Bertz CT molecular complexity index is 900. The van der Waals surface area contributed by atoms with Crippen LogP contribution in [0.2, 0.25) is 0 Å². The molecule has 0 saturated carbocycles. The van der Waals surface area contributed by atoms with Crippen LogP contribution in [0, 0.1) is 0 Å². The number of ether oxygens (including phenoxy) is 1. The molecule has 0 aliphatic heterocycles. The smallest absolute Gasteiger partial charge is 0.326 e. The molecule has 2 atom stereocenters. The summed E-state index contributed by atoms with van der Waals surface area (Å²) in [5.74, 6) is -1.29. The molecule has 0 spiro atoms. The Balaban J connectivity index is 4.32. The zero-order chi connectivity index (χ0) is 37.5. The van der Waals surface area contributed by atoms with Gasteiger partial charge in [-0.2, -0.15) is 0 Å². The fourth-order valence-electron chi connectivity index (χ4n) is 6.16. The number of rotatable bonds is 38. The monoisotopic (exact) mass is 717 g/mol. The molecule has 0 aromatic rings. The highest BCUT2D eigenvalue weighted by molar-refractivity contribution is 5.83. The second-order valence-electron chi connectivity index (χ2n) is 14.4. The lowest BCUT2D eigenvalue weighted by Gasteiger charge is -2.15. The van der Waals surface area contributed by atoms with Crippen LogP contribution in [-0.2, 0) is 19.1 Å². The maximum absolute atomic E-state index is 12.7. The molecule has 0 aromatic carbocycles. The molecule has 7 heteroatoms. The highest BCUT2D eigenvalue weighted by Crippen LogP contribution is 2.15. The molecule has 0 saturated heterocycles. The molecule has 1 amide bonds. The molecule has 0 aromatic heterocycles. The van der Waals surface area contributed by atoms with E-state index in [1.165, 1.54) is 96.3 Å². The molecule has 0 radical (unpaired) electrons. The van der Waals surface area contributed by atoms with Gasteiger partial charge in [-0.3, -0.25) is 9.59 Å². The Labute approximate surface area is 314 Å². The lowest BCUT2D eigenvalue weighted by molar-refractivity contribution is -0.147. The average Bonchev–Trinajstić information content (AvgIpc) is 3.11. The summed E-state index contributed by atoms with van der Waals surface area (Å²) in [6, 6.07) is -0.856. The van der Waals surface area contributed by atoms with E-state index in [4.69, 9.17) is 10.5 Å². The third-order valence-corrected chi connectivity index (χ3v) is 9.41. The van der Waals surface area contributed by atoms with Gasteiger partial charge in [0.15, 0.2) is 0 Å². The standard InChI is InChI=1S/C44H80N2O5/c1-3-5-7-9-11-13-14-15-16-17-18-20-22-28-32-38-43(48)51-40(34-29-25-21-19-12-10-8-6-4-2)35-30-26-23-24-27-31-37-42(47)46-41(44(49)50)36-33-39-45/h15-16,19,21,29,34,40-41H,3-14,17-18,20,22-28,30-33,35-39,45H2,1-2H3,(H,46,47)(H,49,50)/b16-15-,21-19-,34-29-. The number of hydrogen-bond acceptors (Lipinski definition) is 5. The first-order valence-corrected chi connectivity index (χ1v) is 21.3. The third kappa shape index (κ3) is 35.8. The Kier molecular flexibility index (Phi) is 37.0. The molecular weight excluding hydrogens is 636 g/mol. The quantitative estimate of drug-likeness (QED) is 0.0332. The number of carboxylic acids is 1. The van der Waals surface area contributed by atoms with Gasteiger partial charge in [0.1, 0.15) is 12.1 Å². The molecule has 4 N–H and O–H groups in total. The average molecular weight is 717 g/mol. The Morgan fingerprint density at radius 2 is 1.08 bits per heavy atom. The number of nitrogens with two attached hydrogens (primary N) is 1. The molecule has 2 unspecified atom stereocenters. The first-order chi connectivity index (χ1) is 24.9. The first kappa shape index (κ1) is 48.6. The largest absolute Gasteiger partial charge is 0.480 e. The SMILES string of the molecule is CCCCCC/C=C\C/C=C\C(CCCCCCCCC(=O)NC(CCCN)C(=O)O)OC(=O)CCCCCCC/C=C\CCCCCCCC. The first-order valence-electron chi connectivity index (χ1n) is 21.3. The van der Waals surface area contributed by atoms with Gasteiger partial charge in [0, 0.05) is 12.8 Å². The van der Waals surface area contributed by atoms with Crippen molar-refractivity contribution in [1.29, 1.82) is 0 Å². The minimum Gasteiger partial charge on any atom is -0.480 e. The molecule has 0 aliphatic carbocycles. The van der Waals surface area contributed by atoms with Crippen molar-refractivity contribution in [2.24, 2.45) is 5.73 Å². The van der Waals surface area contributed by atoms with E-state index in [9.17, 15) is 19.5 Å². The van der Waals surface area contributed by atoms with E-state index in [2.05, 4.69) is 55.6 Å². The zero-order valence-corrected chi connectivity index (χ0v) is 33.2. The van der Waals surface area contributed by atoms with Crippen molar-refractivity contribution < 1.29 is 24.2 Å². The third-order valence-electron chi connectivity index (χ3n) is 9.41. The highest BCUT2D eigenvalue weighted by atomic mass is 16.5. The van der Waals surface area contributed by atoms with E-state index in [0.29, 0.717) is 32.2 Å². The lowest BCUT2D eigenvalue weighted by Crippen LogP contribution is -2.40. The van der Waals surface area contributed by atoms with Gasteiger partial charge in [-0.1, -0.05) is 141 Å². The van der Waals surface area contributed by atoms with Crippen molar-refractivity contribution in [3.8, 4) is 0 Å². The Morgan fingerprint density at radius 1 is 0.588 bits per heavy atom. The van der Waals surface area contributed by atoms with Crippen LogP contribution in [-0.4, -0.2) is 41.6 Å². The number of amides is 1. The van der Waals surface area contributed by atoms with Crippen LogP contribution in [0.5, 0.6) is 0 Å². The zero-order valence-electron chi connectivity index (χ0n) is 33.2. The van der Waals surface area contributed by atoms with Crippen LogP contribution in [0.1, 0.15) is 206 Å². The topological polar surface area (TPSA) is 119 Å². The minimum absolute atomic E-state index is 0.0832. The summed E-state index contributed by atoms with van der Waals surface area (Å²) < 4.78 is 5.93. The maximum atomic E-state index is 12.7. The number of nitrogens with one attached hydrogen (secondary N) is 1. The summed E-state index contributed by atoms with van der Waals surface area (Å²) in [5, 5.41) is 11.9.